The summed E-state index contributed by atoms with van der Waals surface area (Å²) in [5, 5.41) is 1.02. The van der Waals surface area contributed by atoms with Crippen LogP contribution in [-0.4, -0.2) is 8.07 Å². The molecule has 1 nitrogen and oxygen atoms in total. The summed E-state index contributed by atoms with van der Waals surface area (Å²) < 4.78 is 38.1. The van der Waals surface area contributed by atoms with Crippen LogP contribution in [0.2, 0.25) is 13.1 Å². The molecule has 124 valence electrons. The molecule has 2 aromatic rings. The molecule has 2 rings (SSSR count). The fraction of sp³-hybridized carbons (Fsp3) is 0.333. The van der Waals surface area contributed by atoms with Crippen molar-refractivity contribution < 1.29 is 13.2 Å². The molecule has 0 aliphatic heterocycles. The van der Waals surface area contributed by atoms with Gasteiger partial charge in [-0.3, -0.25) is 0 Å². The van der Waals surface area contributed by atoms with Crippen molar-refractivity contribution in [3.05, 3.63) is 59.2 Å². The normalized spacial score (nSPS) is 12.4. The second-order valence-corrected chi connectivity index (χ2v) is 11.2. The molecule has 2 N–H and O–H groups in total. The Balaban J connectivity index is 2.30. The van der Waals surface area contributed by atoms with Gasteiger partial charge in [-0.05, 0) is 29.7 Å². The minimum atomic E-state index is -4.28. The molecular weight excluding hydrogens is 315 g/mol. The molecule has 0 unspecified atom stereocenters. The van der Waals surface area contributed by atoms with Gasteiger partial charge in [-0.1, -0.05) is 61.6 Å². The maximum absolute atomic E-state index is 12.7. The third kappa shape index (κ3) is 3.96. The van der Waals surface area contributed by atoms with Crippen LogP contribution in [0.3, 0.4) is 0 Å². The maximum atomic E-state index is 12.7. The van der Waals surface area contributed by atoms with E-state index in [0.717, 1.165) is 28.9 Å². The fourth-order valence-electron chi connectivity index (χ4n) is 2.94. The van der Waals surface area contributed by atoms with E-state index in [0.29, 0.717) is 0 Å². The standard InChI is InChI=1S/C18H22F3NSi/c1-4-16-13(6-5-7-17(16)22)12-23(2,3)15-10-8-14(9-11-15)18(19,20)21/h5-11H,4,12,22H2,1-3H3. The van der Waals surface area contributed by atoms with Gasteiger partial charge in [0.25, 0.3) is 0 Å². The maximum Gasteiger partial charge on any atom is 0.416 e. The second kappa shape index (κ2) is 6.39. The highest BCUT2D eigenvalue weighted by Gasteiger charge is 2.31. The predicted octanol–water partition coefficient (Wildman–Crippen LogP) is 4.55. The van der Waals surface area contributed by atoms with Gasteiger partial charge in [-0.2, -0.15) is 13.2 Å². The van der Waals surface area contributed by atoms with E-state index >= 15 is 0 Å². The van der Waals surface area contributed by atoms with E-state index in [1.54, 1.807) is 12.1 Å². The van der Waals surface area contributed by atoms with Crippen LogP contribution < -0.4 is 10.9 Å². The fourth-order valence-corrected chi connectivity index (χ4v) is 5.50. The SMILES string of the molecule is CCc1c(N)cccc1C[Si](C)(C)c1ccc(C(F)(F)F)cc1. The van der Waals surface area contributed by atoms with Crippen molar-refractivity contribution in [2.75, 3.05) is 5.73 Å². The van der Waals surface area contributed by atoms with E-state index in [9.17, 15) is 13.2 Å². The van der Waals surface area contributed by atoms with Crippen LogP contribution in [0.1, 0.15) is 23.6 Å². The van der Waals surface area contributed by atoms with Crippen molar-refractivity contribution >= 4 is 18.9 Å². The largest absolute Gasteiger partial charge is 0.416 e. The Morgan fingerprint density at radius 3 is 2.13 bits per heavy atom. The van der Waals surface area contributed by atoms with E-state index in [-0.39, 0.29) is 0 Å². The average molecular weight is 337 g/mol. The zero-order chi connectivity index (χ0) is 17.3. The van der Waals surface area contributed by atoms with Crippen LogP contribution in [0.15, 0.2) is 42.5 Å². The molecule has 0 heterocycles. The highest BCUT2D eigenvalue weighted by molar-refractivity contribution is 6.89. The quantitative estimate of drug-likeness (QED) is 0.643. The molecule has 0 aromatic heterocycles. The Labute approximate surface area is 136 Å². The lowest BCUT2D eigenvalue weighted by molar-refractivity contribution is -0.137. The van der Waals surface area contributed by atoms with Crippen LogP contribution in [0.25, 0.3) is 0 Å². The molecule has 0 saturated heterocycles. The van der Waals surface area contributed by atoms with Crippen LogP contribution >= 0.6 is 0 Å². The summed E-state index contributed by atoms with van der Waals surface area (Å²) in [6.07, 6.45) is -3.42. The molecule has 23 heavy (non-hydrogen) atoms. The lowest BCUT2D eigenvalue weighted by atomic mass is 10.0. The van der Waals surface area contributed by atoms with E-state index in [1.807, 2.05) is 12.1 Å². The summed E-state index contributed by atoms with van der Waals surface area (Å²) in [7, 11) is -1.90. The van der Waals surface area contributed by atoms with Crippen molar-refractivity contribution in [3.8, 4) is 0 Å². The molecule has 0 saturated carbocycles. The number of hydrogen-bond donors (Lipinski definition) is 1. The minimum Gasteiger partial charge on any atom is -0.398 e. The van der Waals surface area contributed by atoms with Crippen molar-refractivity contribution in [2.24, 2.45) is 0 Å². The summed E-state index contributed by atoms with van der Waals surface area (Å²) in [5.74, 6) is 0. The first-order chi connectivity index (χ1) is 10.6. The average Bonchev–Trinajstić information content (AvgIpc) is 2.46. The van der Waals surface area contributed by atoms with Gasteiger partial charge in [0.05, 0.1) is 13.6 Å². The summed E-state index contributed by atoms with van der Waals surface area (Å²) in [4.78, 5) is 0. The molecule has 0 amide bonds. The number of nitrogen functional groups attached to an aromatic ring is 1. The number of anilines is 1. The zero-order valence-corrected chi connectivity index (χ0v) is 14.7. The number of alkyl halides is 3. The minimum absolute atomic E-state index is 0.593. The molecule has 0 bridgehead atoms. The third-order valence-corrected chi connectivity index (χ3v) is 7.45. The first-order valence-electron chi connectivity index (χ1n) is 7.69. The summed E-state index contributed by atoms with van der Waals surface area (Å²) in [6, 6.07) is 12.4. The van der Waals surface area contributed by atoms with Gasteiger partial charge >= 0.3 is 6.18 Å². The molecule has 5 heteroatoms. The molecule has 0 fully saturated rings. The Kier molecular flexibility index (Phi) is 4.89. The molecule has 0 aliphatic rings. The van der Waals surface area contributed by atoms with Crippen molar-refractivity contribution in [2.45, 2.75) is 38.7 Å². The molecular formula is C18H22F3NSi. The number of rotatable bonds is 4. The predicted molar refractivity (Wildman–Crippen MR) is 92.5 cm³/mol. The molecule has 0 radical (unpaired) electrons. The smallest absolute Gasteiger partial charge is 0.398 e. The van der Waals surface area contributed by atoms with Crippen molar-refractivity contribution in [1.82, 2.24) is 0 Å². The number of halogens is 3. The topological polar surface area (TPSA) is 26.0 Å². The van der Waals surface area contributed by atoms with E-state index in [1.165, 1.54) is 17.7 Å². The lowest BCUT2D eigenvalue weighted by Gasteiger charge is -2.25. The Bertz CT molecular complexity index is 676. The lowest BCUT2D eigenvalue weighted by Crippen LogP contribution is -2.44. The number of benzene rings is 2. The molecule has 2 aromatic carbocycles. The Morgan fingerprint density at radius 1 is 1.00 bits per heavy atom. The van der Waals surface area contributed by atoms with Crippen molar-refractivity contribution in [3.63, 3.8) is 0 Å². The first kappa shape index (κ1) is 17.6. The Morgan fingerprint density at radius 2 is 1.61 bits per heavy atom. The molecule has 0 spiro atoms. The van der Waals surface area contributed by atoms with Crippen LogP contribution in [0, 0.1) is 0 Å². The zero-order valence-electron chi connectivity index (χ0n) is 13.7. The van der Waals surface area contributed by atoms with Crippen molar-refractivity contribution in [1.29, 1.82) is 0 Å². The summed E-state index contributed by atoms with van der Waals surface area (Å²) >= 11 is 0. The highest BCUT2D eigenvalue weighted by atomic mass is 28.3. The third-order valence-electron chi connectivity index (χ3n) is 4.29. The summed E-state index contributed by atoms with van der Waals surface area (Å²) in [5.41, 5.74) is 8.61. The van der Waals surface area contributed by atoms with Crippen LogP contribution in [0.4, 0.5) is 18.9 Å². The first-order valence-corrected chi connectivity index (χ1v) is 10.9. The van der Waals surface area contributed by atoms with Gasteiger partial charge in [-0.15, -0.1) is 0 Å². The van der Waals surface area contributed by atoms with Gasteiger partial charge in [0.2, 0.25) is 0 Å². The molecule has 0 atom stereocenters. The van der Waals surface area contributed by atoms with E-state index in [2.05, 4.69) is 26.1 Å². The number of nitrogens with two attached hydrogens (primary N) is 1. The van der Waals surface area contributed by atoms with Crippen LogP contribution in [-0.2, 0) is 18.6 Å². The summed E-state index contributed by atoms with van der Waals surface area (Å²) in [6.45, 7) is 6.43. The molecule has 0 aliphatic carbocycles. The second-order valence-electron chi connectivity index (χ2n) is 6.47. The van der Waals surface area contributed by atoms with E-state index in [4.69, 9.17) is 5.73 Å². The van der Waals surface area contributed by atoms with Gasteiger partial charge in [-0.25, -0.2) is 0 Å². The van der Waals surface area contributed by atoms with Gasteiger partial charge in [0, 0.05) is 5.69 Å². The van der Waals surface area contributed by atoms with Crippen LogP contribution in [0.5, 0.6) is 0 Å². The monoisotopic (exact) mass is 337 g/mol. The Hall–Kier alpha value is -1.75. The number of hydrogen-bond acceptors (Lipinski definition) is 1. The van der Waals surface area contributed by atoms with Gasteiger partial charge in [0.1, 0.15) is 0 Å². The van der Waals surface area contributed by atoms with E-state index < -0.39 is 19.8 Å². The van der Waals surface area contributed by atoms with Gasteiger partial charge < -0.3 is 5.73 Å². The highest BCUT2D eigenvalue weighted by Crippen LogP contribution is 2.29. The van der Waals surface area contributed by atoms with Gasteiger partial charge in [0.15, 0.2) is 0 Å².